The largest absolute Gasteiger partial charge is 0.491 e. The summed E-state index contributed by atoms with van der Waals surface area (Å²) in [4.78, 5) is 3.61. The molecule has 4 rings (SSSR count). The lowest BCUT2D eigenvalue weighted by Gasteiger charge is -2.14. The molecule has 0 spiro atoms. The van der Waals surface area contributed by atoms with E-state index in [1.54, 1.807) is 0 Å². The maximum absolute atomic E-state index is 6.22. The Hall–Kier alpha value is -2.26. The van der Waals surface area contributed by atoms with Gasteiger partial charge in [-0.05, 0) is 29.7 Å². The molecule has 2 atom stereocenters. The summed E-state index contributed by atoms with van der Waals surface area (Å²) < 4.78 is 5.89. The Labute approximate surface area is 130 Å². The van der Waals surface area contributed by atoms with Gasteiger partial charge in [0.25, 0.3) is 0 Å². The molecule has 1 aromatic heterocycles. The van der Waals surface area contributed by atoms with Crippen LogP contribution in [0.5, 0.6) is 5.75 Å². The van der Waals surface area contributed by atoms with Crippen LogP contribution >= 0.6 is 0 Å². The van der Waals surface area contributed by atoms with Gasteiger partial charge in [-0.1, -0.05) is 43.3 Å². The highest BCUT2D eigenvalue weighted by molar-refractivity contribution is 5.91. The second-order valence-corrected chi connectivity index (χ2v) is 6.10. The van der Waals surface area contributed by atoms with E-state index in [2.05, 4.69) is 48.3 Å². The van der Waals surface area contributed by atoms with Crippen LogP contribution in [0.25, 0.3) is 10.9 Å². The molecule has 0 unspecified atom stereocenters. The van der Waals surface area contributed by atoms with Crippen molar-refractivity contribution in [2.24, 2.45) is 5.73 Å². The van der Waals surface area contributed by atoms with Crippen LogP contribution in [0.1, 0.15) is 29.7 Å². The van der Waals surface area contributed by atoms with E-state index < -0.39 is 0 Å². The number of hydrogen-bond donors (Lipinski definition) is 2. The van der Waals surface area contributed by atoms with Crippen LogP contribution in [0, 0.1) is 0 Å². The number of hydrogen-bond acceptors (Lipinski definition) is 2. The average molecular weight is 292 g/mol. The van der Waals surface area contributed by atoms with E-state index >= 15 is 0 Å². The highest BCUT2D eigenvalue weighted by atomic mass is 16.5. The van der Waals surface area contributed by atoms with E-state index in [1.165, 1.54) is 22.2 Å². The van der Waals surface area contributed by atoms with E-state index in [0.29, 0.717) is 12.5 Å². The lowest BCUT2D eigenvalue weighted by molar-refractivity contribution is 0.296. The molecule has 2 aromatic carbocycles. The van der Waals surface area contributed by atoms with Crippen LogP contribution < -0.4 is 10.5 Å². The summed E-state index contributed by atoms with van der Waals surface area (Å²) in [5, 5.41) is 1.20. The summed E-state index contributed by atoms with van der Waals surface area (Å²) >= 11 is 0. The zero-order valence-corrected chi connectivity index (χ0v) is 12.7. The van der Waals surface area contributed by atoms with Crippen LogP contribution in [0.15, 0.2) is 48.5 Å². The minimum atomic E-state index is 0.0353. The molecule has 0 aliphatic carbocycles. The van der Waals surface area contributed by atoms with E-state index in [4.69, 9.17) is 10.5 Å². The first kappa shape index (κ1) is 13.4. The first-order valence-electron chi connectivity index (χ1n) is 7.81. The molecule has 0 saturated heterocycles. The number of aromatic amines is 1. The Morgan fingerprint density at radius 3 is 2.77 bits per heavy atom. The molecule has 0 radical (unpaired) electrons. The smallest absolute Gasteiger partial charge is 0.129 e. The van der Waals surface area contributed by atoms with Gasteiger partial charge in [0.05, 0.1) is 0 Å². The first-order chi connectivity index (χ1) is 10.7. The average Bonchev–Trinajstić information content (AvgIpc) is 2.82. The fraction of sp³-hybridized carbons (Fsp3) is 0.263. The normalized spacial score (nSPS) is 18.7. The van der Waals surface area contributed by atoms with Gasteiger partial charge in [-0.3, -0.25) is 0 Å². The van der Waals surface area contributed by atoms with Crippen molar-refractivity contribution in [3.8, 4) is 5.75 Å². The Balaban J connectivity index is 1.91. The summed E-state index contributed by atoms with van der Waals surface area (Å²) in [6.45, 7) is 2.82. The Kier molecular flexibility index (Phi) is 3.16. The molecule has 3 nitrogen and oxygen atoms in total. The molecule has 112 valence electrons. The van der Waals surface area contributed by atoms with Gasteiger partial charge < -0.3 is 15.5 Å². The van der Waals surface area contributed by atoms with Gasteiger partial charge >= 0.3 is 0 Å². The Morgan fingerprint density at radius 1 is 1.14 bits per heavy atom. The number of aromatic nitrogens is 1. The number of nitrogens with one attached hydrogen (secondary N) is 1. The zero-order valence-electron chi connectivity index (χ0n) is 12.7. The number of rotatable bonds is 2. The van der Waals surface area contributed by atoms with E-state index in [-0.39, 0.29) is 6.04 Å². The summed E-state index contributed by atoms with van der Waals surface area (Å²) in [7, 11) is 0. The van der Waals surface area contributed by atoms with E-state index in [1.807, 2.05) is 12.1 Å². The topological polar surface area (TPSA) is 51.0 Å². The van der Waals surface area contributed by atoms with Crippen LogP contribution in [-0.4, -0.2) is 17.6 Å². The molecule has 0 amide bonds. The maximum atomic E-state index is 6.22. The standard InChI is InChI=1S/C19H20N2O/c1-12(13-6-3-2-4-7-13)19-15-10-14(20)11-22-17-9-5-8-16(21-19)18(15)17/h2-9,12,14,21H,10-11,20H2,1H3/t12-,14-/m1/s1. The minimum Gasteiger partial charge on any atom is -0.491 e. The van der Waals surface area contributed by atoms with Crippen LogP contribution in [0.4, 0.5) is 0 Å². The quantitative estimate of drug-likeness (QED) is 0.758. The first-order valence-corrected chi connectivity index (χ1v) is 7.81. The van der Waals surface area contributed by atoms with Crippen molar-refractivity contribution in [1.82, 2.24) is 4.98 Å². The molecule has 2 heterocycles. The third-order valence-corrected chi connectivity index (χ3v) is 4.57. The second-order valence-electron chi connectivity index (χ2n) is 6.10. The predicted octanol–water partition coefficient (Wildman–Crippen LogP) is 3.58. The van der Waals surface area contributed by atoms with Crippen molar-refractivity contribution in [3.63, 3.8) is 0 Å². The van der Waals surface area contributed by atoms with Gasteiger partial charge in [-0.15, -0.1) is 0 Å². The Morgan fingerprint density at radius 2 is 1.95 bits per heavy atom. The highest BCUT2D eigenvalue weighted by Gasteiger charge is 2.24. The molecule has 0 saturated carbocycles. The third kappa shape index (κ3) is 2.09. The number of benzene rings is 2. The predicted molar refractivity (Wildman–Crippen MR) is 89.4 cm³/mol. The monoisotopic (exact) mass is 292 g/mol. The van der Waals surface area contributed by atoms with Crippen molar-refractivity contribution in [2.45, 2.75) is 25.3 Å². The van der Waals surface area contributed by atoms with Gasteiger partial charge in [0.2, 0.25) is 0 Å². The molecule has 3 aromatic rings. The second kappa shape index (κ2) is 5.18. The van der Waals surface area contributed by atoms with E-state index in [9.17, 15) is 0 Å². The van der Waals surface area contributed by atoms with Crippen molar-refractivity contribution in [1.29, 1.82) is 0 Å². The van der Waals surface area contributed by atoms with Crippen molar-refractivity contribution < 1.29 is 4.74 Å². The third-order valence-electron chi connectivity index (χ3n) is 4.57. The number of ether oxygens (including phenoxy) is 1. The summed E-state index contributed by atoms with van der Waals surface area (Å²) in [6, 6.07) is 16.8. The summed E-state index contributed by atoms with van der Waals surface area (Å²) in [5.74, 6) is 1.25. The van der Waals surface area contributed by atoms with Crippen molar-refractivity contribution in [2.75, 3.05) is 6.61 Å². The van der Waals surface area contributed by atoms with E-state index in [0.717, 1.165) is 17.7 Å². The molecular formula is C19H20N2O. The van der Waals surface area contributed by atoms with Gasteiger partial charge in [-0.25, -0.2) is 0 Å². The molecule has 3 heteroatoms. The molecule has 22 heavy (non-hydrogen) atoms. The van der Waals surface area contributed by atoms with Gasteiger partial charge in [0.15, 0.2) is 0 Å². The number of H-pyrrole nitrogens is 1. The molecule has 0 bridgehead atoms. The summed E-state index contributed by atoms with van der Waals surface area (Å²) in [6.07, 6.45) is 0.851. The lowest BCUT2D eigenvalue weighted by Crippen LogP contribution is -2.29. The highest BCUT2D eigenvalue weighted by Crippen LogP contribution is 2.38. The minimum absolute atomic E-state index is 0.0353. The fourth-order valence-electron chi connectivity index (χ4n) is 3.43. The zero-order chi connectivity index (χ0) is 15.1. The lowest BCUT2D eigenvalue weighted by atomic mass is 9.92. The van der Waals surface area contributed by atoms with Crippen molar-refractivity contribution in [3.05, 3.63) is 65.4 Å². The molecular weight excluding hydrogens is 272 g/mol. The van der Waals surface area contributed by atoms with Gasteiger partial charge in [0.1, 0.15) is 12.4 Å². The van der Waals surface area contributed by atoms with Gasteiger partial charge in [-0.2, -0.15) is 0 Å². The fourth-order valence-corrected chi connectivity index (χ4v) is 3.43. The maximum Gasteiger partial charge on any atom is 0.129 e. The molecule has 0 fully saturated rings. The summed E-state index contributed by atoms with van der Waals surface area (Å²) in [5.41, 5.74) is 11.2. The molecule has 3 N–H and O–H groups in total. The van der Waals surface area contributed by atoms with Gasteiger partial charge in [0, 0.05) is 28.6 Å². The molecule has 1 aliphatic rings. The Bertz CT molecular complexity index is 807. The SMILES string of the molecule is C[C@H](c1ccccc1)c1[nH]c2cccc3c2c1C[C@@H](N)CO3. The van der Waals surface area contributed by atoms with Crippen LogP contribution in [0.2, 0.25) is 0 Å². The number of nitrogens with two attached hydrogens (primary N) is 1. The van der Waals surface area contributed by atoms with Crippen molar-refractivity contribution >= 4 is 10.9 Å². The van der Waals surface area contributed by atoms with Crippen LogP contribution in [0.3, 0.4) is 0 Å². The molecule has 1 aliphatic heterocycles. The van der Waals surface area contributed by atoms with Crippen LogP contribution in [-0.2, 0) is 6.42 Å².